The molecular weight excluding hydrogens is 392 g/mol. The van der Waals surface area contributed by atoms with Crippen molar-refractivity contribution in [1.29, 1.82) is 0 Å². The van der Waals surface area contributed by atoms with Crippen LogP contribution < -0.4 is 5.32 Å². The lowest BCUT2D eigenvalue weighted by Gasteiger charge is -2.32. The van der Waals surface area contributed by atoms with Gasteiger partial charge in [-0.1, -0.05) is 35.4 Å². The van der Waals surface area contributed by atoms with Gasteiger partial charge in [-0.05, 0) is 67.6 Å². The third-order valence-electron chi connectivity index (χ3n) is 5.80. The van der Waals surface area contributed by atoms with Gasteiger partial charge in [0.25, 0.3) is 5.91 Å². The maximum atomic E-state index is 13.0. The number of likely N-dealkylation sites (tertiary alicyclic amines) is 1. The maximum Gasteiger partial charge on any atom is 0.253 e. The van der Waals surface area contributed by atoms with Crippen molar-refractivity contribution in [2.45, 2.75) is 33.1 Å². The highest BCUT2D eigenvalue weighted by Gasteiger charge is 2.29. The highest BCUT2D eigenvalue weighted by atomic mass is 32.1. The van der Waals surface area contributed by atoms with E-state index in [9.17, 15) is 9.59 Å². The molecule has 5 heteroatoms. The number of piperidine rings is 1. The van der Waals surface area contributed by atoms with Gasteiger partial charge in [-0.25, -0.2) is 0 Å². The van der Waals surface area contributed by atoms with Crippen molar-refractivity contribution in [3.8, 4) is 0 Å². The number of rotatable bonds is 5. The van der Waals surface area contributed by atoms with Gasteiger partial charge in [-0.2, -0.15) is 0 Å². The van der Waals surface area contributed by atoms with Gasteiger partial charge in [0.15, 0.2) is 0 Å². The minimum absolute atomic E-state index is 0.0315. The number of nitrogens with one attached hydrogen (secondary N) is 1. The van der Waals surface area contributed by atoms with Crippen molar-refractivity contribution in [3.05, 3.63) is 70.1 Å². The van der Waals surface area contributed by atoms with E-state index in [-0.39, 0.29) is 17.7 Å². The fourth-order valence-electron chi connectivity index (χ4n) is 4.35. The lowest BCUT2D eigenvalue weighted by molar-refractivity contribution is -0.126. The third-order valence-corrected chi connectivity index (χ3v) is 6.82. The first-order valence-electron chi connectivity index (χ1n) is 10.6. The minimum Gasteiger partial charge on any atom is -0.355 e. The molecule has 2 aromatic carbocycles. The number of benzene rings is 2. The molecule has 1 unspecified atom stereocenters. The number of fused-ring (bicyclic) bond motifs is 1. The van der Waals surface area contributed by atoms with E-state index in [2.05, 4.69) is 41.0 Å². The molecule has 1 fully saturated rings. The van der Waals surface area contributed by atoms with Crippen LogP contribution in [0.25, 0.3) is 10.1 Å². The molecule has 30 heavy (non-hydrogen) atoms. The highest BCUT2D eigenvalue weighted by molar-refractivity contribution is 7.17. The molecule has 4 rings (SSSR count). The van der Waals surface area contributed by atoms with Crippen LogP contribution in [0.15, 0.2) is 47.8 Å². The van der Waals surface area contributed by atoms with Crippen LogP contribution in [0.2, 0.25) is 0 Å². The van der Waals surface area contributed by atoms with Crippen LogP contribution in [-0.2, 0) is 11.2 Å². The van der Waals surface area contributed by atoms with Crippen LogP contribution in [-0.4, -0.2) is 36.3 Å². The molecule has 0 spiro atoms. The summed E-state index contributed by atoms with van der Waals surface area (Å²) in [5.41, 5.74) is 4.18. The number of thiophene rings is 1. The summed E-state index contributed by atoms with van der Waals surface area (Å²) in [7, 11) is 0. The Bertz CT molecular complexity index is 1050. The van der Waals surface area contributed by atoms with E-state index in [1.54, 1.807) is 11.3 Å². The summed E-state index contributed by atoms with van der Waals surface area (Å²) in [4.78, 5) is 27.6. The van der Waals surface area contributed by atoms with Crippen LogP contribution in [0, 0.1) is 19.8 Å². The molecule has 156 valence electrons. The van der Waals surface area contributed by atoms with E-state index in [1.807, 2.05) is 30.9 Å². The average molecular weight is 421 g/mol. The largest absolute Gasteiger partial charge is 0.355 e. The predicted molar refractivity (Wildman–Crippen MR) is 123 cm³/mol. The van der Waals surface area contributed by atoms with Crippen LogP contribution in [0.4, 0.5) is 0 Å². The van der Waals surface area contributed by atoms with Gasteiger partial charge in [0.05, 0.1) is 5.92 Å². The maximum absolute atomic E-state index is 13.0. The Morgan fingerprint density at radius 3 is 2.70 bits per heavy atom. The topological polar surface area (TPSA) is 49.4 Å². The van der Waals surface area contributed by atoms with Crippen LogP contribution in [0.3, 0.4) is 0 Å². The van der Waals surface area contributed by atoms with Crippen molar-refractivity contribution in [1.82, 2.24) is 10.2 Å². The van der Waals surface area contributed by atoms with Gasteiger partial charge in [0.1, 0.15) is 0 Å². The number of hydrogen-bond donors (Lipinski definition) is 1. The zero-order chi connectivity index (χ0) is 21.1. The molecule has 1 aromatic heterocycles. The second-order valence-electron chi connectivity index (χ2n) is 8.26. The zero-order valence-corrected chi connectivity index (χ0v) is 18.4. The molecule has 2 amide bonds. The molecule has 1 N–H and O–H groups in total. The molecule has 1 atom stereocenters. The van der Waals surface area contributed by atoms with Gasteiger partial charge in [0, 0.05) is 29.9 Å². The lowest BCUT2D eigenvalue weighted by atomic mass is 9.96. The number of hydrogen-bond acceptors (Lipinski definition) is 3. The Labute approximate surface area is 181 Å². The number of nitrogens with zero attached hydrogens (tertiary/aromatic N) is 1. The number of amides is 2. The second kappa shape index (κ2) is 9.00. The number of carbonyl (C=O) groups is 2. The van der Waals surface area contributed by atoms with Gasteiger partial charge < -0.3 is 10.2 Å². The SMILES string of the molecule is Cc1cc(C)cc(C(=O)N2CCCC(C(=O)NCCc3csc4ccccc34)C2)c1. The first kappa shape index (κ1) is 20.6. The van der Waals surface area contributed by atoms with Gasteiger partial charge in [0.2, 0.25) is 5.91 Å². The summed E-state index contributed by atoms with van der Waals surface area (Å²) in [6, 6.07) is 14.3. The molecule has 1 saturated heterocycles. The predicted octanol–water partition coefficient (Wildman–Crippen LogP) is 4.73. The van der Waals surface area contributed by atoms with Gasteiger partial charge in [-0.3, -0.25) is 9.59 Å². The molecule has 3 aromatic rings. The third kappa shape index (κ3) is 4.57. The van der Waals surface area contributed by atoms with Crippen molar-refractivity contribution >= 4 is 33.2 Å². The molecule has 0 aliphatic carbocycles. The fourth-order valence-corrected chi connectivity index (χ4v) is 5.34. The van der Waals surface area contributed by atoms with Crippen LogP contribution >= 0.6 is 11.3 Å². The Hall–Kier alpha value is -2.66. The number of carbonyl (C=O) groups excluding carboxylic acids is 2. The summed E-state index contributed by atoms with van der Waals surface area (Å²) >= 11 is 1.75. The molecule has 0 saturated carbocycles. The summed E-state index contributed by atoms with van der Waals surface area (Å²) in [6.07, 6.45) is 2.53. The van der Waals surface area contributed by atoms with E-state index in [1.165, 1.54) is 15.6 Å². The van der Waals surface area contributed by atoms with E-state index in [4.69, 9.17) is 0 Å². The average Bonchev–Trinajstić information content (AvgIpc) is 3.16. The molecule has 2 heterocycles. The van der Waals surface area contributed by atoms with E-state index in [0.717, 1.165) is 42.5 Å². The fraction of sp³-hybridized carbons (Fsp3) is 0.360. The Balaban J connectivity index is 1.33. The van der Waals surface area contributed by atoms with Crippen molar-refractivity contribution < 1.29 is 9.59 Å². The quantitative estimate of drug-likeness (QED) is 0.649. The molecular formula is C25H28N2O2S. The molecule has 1 aliphatic rings. The summed E-state index contributed by atoms with van der Waals surface area (Å²) in [5, 5.41) is 6.56. The van der Waals surface area contributed by atoms with E-state index in [0.29, 0.717) is 13.1 Å². The molecule has 0 radical (unpaired) electrons. The minimum atomic E-state index is -0.132. The Kier molecular flexibility index (Phi) is 6.18. The van der Waals surface area contributed by atoms with Gasteiger partial charge in [-0.15, -0.1) is 11.3 Å². The number of aryl methyl sites for hydroxylation is 2. The van der Waals surface area contributed by atoms with Crippen LogP contribution in [0.5, 0.6) is 0 Å². The first-order valence-corrected chi connectivity index (χ1v) is 11.5. The highest BCUT2D eigenvalue weighted by Crippen LogP contribution is 2.26. The normalized spacial score (nSPS) is 16.6. The second-order valence-corrected chi connectivity index (χ2v) is 9.18. The van der Waals surface area contributed by atoms with Crippen LogP contribution in [0.1, 0.15) is 39.9 Å². The molecule has 0 bridgehead atoms. The van der Waals surface area contributed by atoms with Crippen molar-refractivity contribution in [2.24, 2.45) is 5.92 Å². The van der Waals surface area contributed by atoms with Crippen molar-refractivity contribution in [2.75, 3.05) is 19.6 Å². The van der Waals surface area contributed by atoms with E-state index >= 15 is 0 Å². The smallest absolute Gasteiger partial charge is 0.253 e. The van der Waals surface area contributed by atoms with Crippen molar-refractivity contribution in [3.63, 3.8) is 0 Å². The zero-order valence-electron chi connectivity index (χ0n) is 17.6. The lowest BCUT2D eigenvalue weighted by Crippen LogP contribution is -2.45. The monoisotopic (exact) mass is 420 g/mol. The summed E-state index contributed by atoms with van der Waals surface area (Å²) in [5.74, 6) is -0.0377. The molecule has 1 aliphatic heterocycles. The van der Waals surface area contributed by atoms with E-state index < -0.39 is 0 Å². The standard InChI is InChI=1S/C25H28N2O2S/c1-17-12-18(2)14-21(13-17)25(29)27-11-5-6-19(15-27)24(28)26-10-9-20-16-30-23-8-4-3-7-22(20)23/h3-4,7-8,12-14,16,19H,5-6,9-11,15H2,1-2H3,(H,26,28). The Morgan fingerprint density at radius 2 is 1.90 bits per heavy atom. The molecule has 4 nitrogen and oxygen atoms in total. The summed E-state index contributed by atoms with van der Waals surface area (Å²) in [6.45, 7) is 5.86. The first-order chi connectivity index (χ1) is 14.5. The summed E-state index contributed by atoms with van der Waals surface area (Å²) < 4.78 is 1.28. The van der Waals surface area contributed by atoms with Gasteiger partial charge >= 0.3 is 0 Å². The Morgan fingerprint density at radius 1 is 1.13 bits per heavy atom.